The summed E-state index contributed by atoms with van der Waals surface area (Å²) in [5, 5.41) is 3.39. The Bertz CT molecular complexity index is 589. The van der Waals surface area contributed by atoms with Gasteiger partial charge in [0.15, 0.2) is 5.11 Å². The molecule has 2 rings (SSSR count). The smallest absolute Gasteiger partial charge is 0.189 e. The standard InChI is InChI=1S/C14H14FN3OS/c1-19-13-4-2-3-12(9-13)16-14(20)18-17-11-7-5-10(15)6-8-11/h2-9,17H,1H3,(H2,16,18,20). The molecule has 0 fully saturated rings. The van der Waals surface area contributed by atoms with Crippen LogP contribution in [-0.2, 0) is 0 Å². The van der Waals surface area contributed by atoms with Crippen molar-refractivity contribution in [2.75, 3.05) is 17.9 Å². The summed E-state index contributed by atoms with van der Waals surface area (Å²) in [6, 6.07) is 13.3. The maximum atomic E-state index is 12.7. The maximum Gasteiger partial charge on any atom is 0.189 e. The molecule has 0 atom stereocenters. The van der Waals surface area contributed by atoms with Crippen LogP contribution in [-0.4, -0.2) is 12.2 Å². The number of methoxy groups -OCH3 is 1. The van der Waals surface area contributed by atoms with E-state index in [4.69, 9.17) is 17.0 Å². The Hall–Kier alpha value is -2.34. The van der Waals surface area contributed by atoms with Crippen LogP contribution in [0.2, 0.25) is 0 Å². The first-order valence-corrected chi connectivity index (χ1v) is 6.31. The Balaban J connectivity index is 1.87. The zero-order chi connectivity index (χ0) is 14.4. The van der Waals surface area contributed by atoms with Gasteiger partial charge in [0, 0.05) is 11.8 Å². The Morgan fingerprint density at radius 2 is 1.85 bits per heavy atom. The fraction of sp³-hybridized carbons (Fsp3) is 0.0714. The molecule has 6 heteroatoms. The monoisotopic (exact) mass is 291 g/mol. The molecule has 0 bridgehead atoms. The van der Waals surface area contributed by atoms with Crippen molar-refractivity contribution in [2.45, 2.75) is 0 Å². The lowest BCUT2D eigenvalue weighted by atomic mass is 10.3. The van der Waals surface area contributed by atoms with E-state index in [0.29, 0.717) is 10.8 Å². The molecule has 0 radical (unpaired) electrons. The molecule has 0 aromatic heterocycles. The van der Waals surface area contributed by atoms with Crippen LogP contribution in [0.5, 0.6) is 5.75 Å². The highest BCUT2D eigenvalue weighted by molar-refractivity contribution is 7.80. The summed E-state index contributed by atoms with van der Waals surface area (Å²) < 4.78 is 17.9. The van der Waals surface area contributed by atoms with Gasteiger partial charge in [-0.2, -0.15) is 0 Å². The first-order valence-electron chi connectivity index (χ1n) is 5.90. The number of nitrogens with one attached hydrogen (secondary N) is 3. The van der Waals surface area contributed by atoms with E-state index in [2.05, 4.69) is 16.2 Å². The van der Waals surface area contributed by atoms with Gasteiger partial charge in [0.2, 0.25) is 0 Å². The molecule has 3 N–H and O–H groups in total. The summed E-state index contributed by atoms with van der Waals surface area (Å²) in [5.41, 5.74) is 7.20. The maximum absolute atomic E-state index is 12.7. The molecule has 104 valence electrons. The Morgan fingerprint density at radius 3 is 2.55 bits per heavy atom. The summed E-state index contributed by atoms with van der Waals surface area (Å²) in [5.74, 6) is 0.455. The van der Waals surface area contributed by atoms with Crippen molar-refractivity contribution in [2.24, 2.45) is 0 Å². The van der Waals surface area contributed by atoms with Crippen molar-refractivity contribution in [1.29, 1.82) is 0 Å². The largest absolute Gasteiger partial charge is 0.497 e. The second-order valence-electron chi connectivity index (χ2n) is 3.94. The van der Waals surface area contributed by atoms with Crippen molar-refractivity contribution >= 4 is 28.7 Å². The molecular weight excluding hydrogens is 277 g/mol. The zero-order valence-corrected chi connectivity index (χ0v) is 11.6. The van der Waals surface area contributed by atoms with Gasteiger partial charge in [-0.05, 0) is 48.6 Å². The fourth-order valence-corrected chi connectivity index (χ4v) is 1.69. The second-order valence-corrected chi connectivity index (χ2v) is 4.35. The van der Waals surface area contributed by atoms with Crippen LogP contribution in [0.4, 0.5) is 15.8 Å². The molecule has 0 saturated heterocycles. The van der Waals surface area contributed by atoms with Gasteiger partial charge >= 0.3 is 0 Å². The minimum atomic E-state index is -0.285. The van der Waals surface area contributed by atoms with Crippen molar-refractivity contribution in [3.63, 3.8) is 0 Å². The van der Waals surface area contributed by atoms with Crippen molar-refractivity contribution in [3.8, 4) is 5.75 Å². The number of hydrogen-bond donors (Lipinski definition) is 3. The molecule has 0 aliphatic rings. The molecule has 2 aromatic carbocycles. The normalized spacial score (nSPS) is 9.70. The van der Waals surface area contributed by atoms with Gasteiger partial charge in [-0.1, -0.05) is 6.07 Å². The molecule has 0 aliphatic heterocycles. The first kappa shape index (κ1) is 14.1. The highest BCUT2D eigenvalue weighted by Gasteiger charge is 1.99. The third-order valence-corrected chi connectivity index (χ3v) is 2.70. The molecule has 0 aliphatic carbocycles. The summed E-state index contributed by atoms with van der Waals surface area (Å²) in [4.78, 5) is 0. The van der Waals surface area contributed by atoms with Gasteiger partial charge in [0.05, 0.1) is 12.8 Å². The van der Waals surface area contributed by atoms with E-state index >= 15 is 0 Å². The van der Waals surface area contributed by atoms with E-state index in [9.17, 15) is 4.39 Å². The summed E-state index contributed by atoms with van der Waals surface area (Å²) in [6.45, 7) is 0. The minimum absolute atomic E-state index is 0.285. The third kappa shape index (κ3) is 4.10. The first-order chi connectivity index (χ1) is 9.67. The number of ether oxygens (including phenoxy) is 1. The van der Waals surface area contributed by atoms with E-state index < -0.39 is 0 Å². The van der Waals surface area contributed by atoms with E-state index in [1.54, 1.807) is 19.2 Å². The quantitative estimate of drug-likeness (QED) is 0.596. The number of rotatable bonds is 4. The van der Waals surface area contributed by atoms with Gasteiger partial charge in [0.1, 0.15) is 11.6 Å². The van der Waals surface area contributed by atoms with Crippen LogP contribution in [0.15, 0.2) is 48.5 Å². The van der Waals surface area contributed by atoms with Gasteiger partial charge in [-0.25, -0.2) is 4.39 Å². The molecule has 0 heterocycles. The predicted molar refractivity (Wildman–Crippen MR) is 82.4 cm³/mol. The Morgan fingerprint density at radius 1 is 1.10 bits per heavy atom. The SMILES string of the molecule is COc1cccc(NC(=S)NNc2ccc(F)cc2)c1. The molecule has 4 nitrogen and oxygen atoms in total. The lowest BCUT2D eigenvalue weighted by Crippen LogP contribution is -2.33. The van der Waals surface area contributed by atoms with Gasteiger partial charge < -0.3 is 10.1 Å². The van der Waals surface area contributed by atoms with Crippen LogP contribution in [0.1, 0.15) is 0 Å². The van der Waals surface area contributed by atoms with Crippen molar-refractivity contribution in [3.05, 3.63) is 54.3 Å². The molecule has 0 spiro atoms. The molecule has 0 amide bonds. The second kappa shape index (κ2) is 6.72. The van der Waals surface area contributed by atoms with E-state index in [1.165, 1.54) is 12.1 Å². The summed E-state index contributed by atoms with van der Waals surface area (Å²) >= 11 is 5.14. The predicted octanol–water partition coefficient (Wildman–Crippen LogP) is 3.15. The van der Waals surface area contributed by atoms with Crippen molar-refractivity contribution in [1.82, 2.24) is 5.43 Å². The Kier molecular flexibility index (Phi) is 4.73. The van der Waals surface area contributed by atoms with Crippen LogP contribution in [0.25, 0.3) is 0 Å². The number of benzene rings is 2. The molecule has 0 unspecified atom stereocenters. The molecule has 20 heavy (non-hydrogen) atoms. The number of thiocarbonyl (C=S) groups is 1. The van der Waals surface area contributed by atoms with E-state index in [1.807, 2.05) is 24.3 Å². The topological polar surface area (TPSA) is 45.3 Å². The number of anilines is 2. The number of halogens is 1. The molecular formula is C14H14FN3OS. The summed E-state index contributed by atoms with van der Waals surface area (Å²) in [6.07, 6.45) is 0. The van der Waals surface area contributed by atoms with Crippen LogP contribution >= 0.6 is 12.2 Å². The van der Waals surface area contributed by atoms with Gasteiger partial charge in [0.25, 0.3) is 0 Å². The minimum Gasteiger partial charge on any atom is -0.497 e. The molecule has 0 saturated carbocycles. The van der Waals surface area contributed by atoms with Gasteiger partial charge in [-0.3, -0.25) is 10.9 Å². The lowest BCUT2D eigenvalue weighted by molar-refractivity contribution is 0.415. The van der Waals surface area contributed by atoms with Crippen LogP contribution in [0, 0.1) is 5.82 Å². The fourth-order valence-electron chi connectivity index (χ4n) is 1.53. The lowest BCUT2D eigenvalue weighted by Gasteiger charge is -2.13. The van der Waals surface area contributed by atoms with Gasteiger partial charge in [-0.15, -0.1) is 0 Å². The Labute approximate surface area is 121 Å². The van der Waals surface area contributed by atoms with Crippen LogP contribution < -0.4 is 20.9 Å². The third-order valence-electron chi connectivity index (χ3n) is 2.49. The highest BCUT2D eigenvalue weighted by Crippen LogP contribution is 2.16. The van der Waals surface area contributed by atoms with E-state index in [-0.39, 0.29) is 5.82 Å². The number of hydrazine groups is 1. The highest BCUT2D eigenvalue weighted by atomic mass is 32.1. The average molecular weight is 291 g/mol. The van der Waals surface area contributed by atoms with E-state index in [0.717, 1.165) is 11.4 Å². The zero-order valence-electron chi connectivity index (χ0n) is 10.8. The van der Waals surface area contributed by atoms with Crippen LogP contribution in [0.3, 0.4) is 0 Å². The average Bonchev–Trinajstić information content (AvgIpc) is 2.47. The summed E-state index contributed by atoms with van der Waals surface area (Å²) in [7, 11) is 1.60. The number of hydrogen-bond acceptors (Lipinski definition) is 3. The van der Waals surface area contributed by atoms with Crippen molar-refractivity contribution < 1.29 is 9.13 Å². The molecule has 2 aromatic rings.